The van der Waals surface area contributed by atoms with Crippen LogP contribution in [0.15, 0.2) is 53.1 Å². The number of halogens is 1. The second-order valence-electron chi connectivity index (χ2n) is 6.15. The fourth-order valence-electron chi connectivity index (χ4n) is 2.60. The van der Waals surface area contributed by atoms with Gasteiger partial charge in [-0.25, -0.2) is 0 Å². The third-order valence-electron chi connectivity index (χ3n) is 4.15. The number of amides is 1. The molecule has 28 heavy (non-hydrogen) atoms. The summed E-state index contributed by atoms with van der Waals surface area (Å²) < 4.78 is 16.6. The fourth-order valence-corrected chi connectivity index (χ4v) is 2.72. The van der Waals surface area contributed by atoms with Gasteiger partial charge in [0.2, 0.25) is 0 Å². The van der Waals surface area contributed by atoms with E-state index in [4.69, 9.17) is 25.6 Å². The summed E-state index contributed by atoms with van der Waals surface area (Å²) in [6, 6.07) is 14.2. The molecule has 1 amide bonds. The molecule has 3 aromatic rings. The van der Waals surface area contributed by atoms with E-state index in [1.165, 1.54) is 0 Å². The van der Waals surface area contributed by atoms with Crippen LogP contribution in [0.25, 0.3) is 0 Å². The Labute approximate surface area is 168 Å². The van der Waals surface area contributed by atoms with Crippen molar-refractivity contribution in [1.29, 1.82) is 0 Å². The van der Waals surface area contributed by atoms with Gasteiger partial charge in [-0.05, 0) is 50.2 Å². The Hall–Kier alpha value is -2.99. The Morgan fingerprint density at radius 1 is 1.11 bits per heavy atom. The van der Waals surface area contributed by atoms with E-state index in [1.54, 1.807) is 42.5 Å². The Balaban J connectivity index is 1.54. The smallest absolute Gasteiger partial charge is 0.255 e. The normalized spacial score (nSPS) is 10.5. The molecule has 0 saturated carbocycles. The quantitative estimate of drug-likeness (QED) is 0.569. The maximum atomic E-state index is 12.5. The van der Waals surface area contributed by atoms with Gasteiger partial charge in [-0.2, -0.15) is 0 Å². The highest BCUT2D eigenvalue weighted by molar-refractivity contribution is 6.30. The van der Waals surface area contributed by atoms with Crippen molar-refractivity contribution in [2.75, 3.05) is 13.2 Å². The number of carbonyl (C=O) groups is 1. The van der Waals surface area contributed by atoms with E-state index in [2.05, 4.69) is 10.5 Å². The zero-order valence-corrected chi connectivity index (χ0v) is 16.5. The van der Waals surface area contributed by atoms with Gasteiger partial charge in [-0.15, -0.1) is 0 Å². The molecule has 0 bridgehead atoms. The lowest BCUT2D eigenvalue weighted by Crippen LogP contribution is -2.28. The van der Waals surface area contributed by atoms with Crippen molar-refractivity contribution in [3.05, 3.63) is 76.1 Å². The van der Waals surface area contributed by atoms with Crippen LogP contribution in [0.2, 0.25) is 5.02 Å². The molecule has 0 aliphatic carbocycles. The maximum Gasteiger partial charge on any atom is 0.255 e. The van der Waals surface area contributed by atoms with Gasteiger partial charge in [0.15, 0.2) is 0 Å². The SMILES string of the molecule is Cc1noc(C)c1COc1ccccc1C(=O)NCCOc1ccc(Cl)cc1. The van der Waals surface area contributed by atoms with Crippen molar-refractivity contribution < 1.29 is 18.8 Å². The van der Waals surface area contributed by atoms with Gasteiger partial charge < -0.3 is 19.3 Å². The lowest BCUT2D eigenvalue weighted by molar-refractivity contribution is 0.0942. The number of nitrogens with one attached hydrogen (secondary N) is 1. The average Bonchev–Trinajstić information content (AvgIpc) is 3.02. The molecule has 7 heteroatoms. The molecule has 0 radical (unpaired) electrons. The first-order valence-electron chi connectivity index (χ1n) is 8.84. The van der Waals surface area contributed by atoms with Crippen molar-refractivity contribution in [3.63, 3.8) is 0 Å². The largest absolute Gasteiger partial charge is 0.492 e. The van der Waals surface area contributed by atoms with Gasteiger partial charge in [0.1, 0.15) is 30.5 Å². The van der Waals surface area contributed by atoms with E-state index in [1.807, 2.05) is 19.9 Å². The molecule has 0 atom stereocenters. The number of rotatable bonds is 8. The summed E-state index contributed by atoms with van der Waals surface area (Å²) in [6.07, 6.45) is 0. The molecule has 0 saturated heterocycles. The predicted octanol–water partition coefficient (Wildman–Crippen LogP) is 4.33. The lowest BCUT2D eigenvalue weighted by Gasteiger charge is -2.12. The van der Waals surface area contributed by atoms with Crippen molar-refractivity contribution in [3.8, 4) is 11.5 Å². The molecule has 146 valence electrons. The highest BCUT2D eigenvalue weighted by Crippen LogP contribution is 2.21. The molecule has 0 aliphatic heterocycles. The molecule has 6 nitrogen and oxygen atoms in total. The number of carbonyl (C=O) groups excluding carboxylic acids is 1. The van der Waals surface area contributed by atoms with Gasteiger partial charge in [0, 0.05) is 5.02 Å². The van der Waals surface area contributed by atoms with Gasteiger partial charge in [-0.1, -0.05) is 28.9 Å². The van der Waals surface area contributed by atoms with Crippen molar-refractivity contribution >= 4 is 17.5 Å². The lowest BCUT2D eigenvalue weighted by atomic mass is 10.2. The number of para-hydroxylation sites is 1. The number of aromatic nitrogens is 1. The molecule has 3 rings (SSSR count). The van der Waals surface area contributed by atoms with Crippen LogP contribution >= 0.6 is 11.6 Å². The molecule has 1 aromatic heterocycles. The van der Waals surface area contributed by atoms with Gasteiger partial charge in [-0.3, -0.25) is 4.79 Å². The first-order valence-corrected chi connectivity index (χ1v) is 9.22. The van der Waals surface area contributed by atoms with Crippen LogP contribution in [0, 0.1) is 13.8 Å². The first kappa shape index (κ1) is 19.8. The van der Waals surface area contributed by atoms with Crippen LogP contribution in [0.3, 0.4) is 0 Å². The summed E-state index contributed by atoms with van der Waals surface area (Å²) in [7, 11) is 0. The average molecular weight is 401 g/mol. The monoisotopic (exact) mass is 400 g/mol. The Morgan fingerprint density at radius 3 is 2.57 bits per heavy atom. The highest BCUT2D eigenvalue weighted by Gasteiger charge is 2.14. The van der Waals surface area contributed by atoms with Gasteiger partial charge in [0.05, 0.1) is 23.4 Å². The third-order valence-corrected chi connectivity index (χ3v) is 4.41. The Kier molecular flexibility index (Phi) is 6.55. The van der Waals surface area contributed by atoms with Crippen LogP contribution in [0.5, 0.6) is 11.5 Å². The number of aryl methyl sites for hydroxylation is 2. The standard InChI is InChI=1S/C21H21ClN2O4/c1-14-19(15(2)28-24-14)13-27-20-6-4-3-5-18(20)21(25)23-11-12-26-17-9-7-16(22)8-10-17/h3-10H,11-13H2,1-2H3,(H,23,25). The number of nitrogens with zero attached hydrogens (tertiary/aromatic N) is 1. The van der Waals surface area contributed by atoms with Crippen LogP contribution in [-0.2, 0) is 6.61 Å². The zero-order chi connectivity index (χ0) is 19.9. The van der Waals surface area contributed by atoms with Crippen LogP contribution in [0.1, 0.15) is 27.4 Å². The molecule has 0 fully saturated rings. The van der Waals surface area contributed by atoms with E-state index >= 15 is 0 Å². The summed E-state index contributed by atoms with van der Waals surface area (Å²) in [4.78, 5) is 12.5. The topological polar surface area (TPSA) is 73.6 Å². The number of ether oxygens (including phenoxy) is 2. The van der Waals surface area contributed by atoms with E-state index in [9.17, 15) is 4.79 Å². The predicted molar refractivity (Wildman–Crippen MR) is 106 cm³/mol. The summed E-state index contributed by atoms with van der Waals surface area (Å²) in [5.74, 6) is 1.67. The van der Waals surface area contributed by atoms with E-state index in [0.29, 0.717) is 41.0 Å². The Bertz CT molecular complexity index is 918. The van der Waals surface area contributed by atoms with Crippen LogP contribution in [-0.4, -0.2) is 24.2 Å². The minimum Gasteiger partial charge on any atom is -0.492 e. The molecular weight excluding hydrogens is 380 g/mol. The molecule has 0 spiro atoms. The molecule has 0 aliphatic rings. The van der Waals surface area contributed by atoms with E-state index in [0.717, 1.165) is 11.3 Å². The van der Waals surface area contributed by atoms with Crippen LogP contribution in [0.4, 0.5) is 0 Å². The summed E-state index contributed by atoms with van der Waals surface area (Å²) in [5.41, 5.74) is 2.12. The van der Waals surface area contributed by atoms with Gasteiger partial charge in [0.25, 0.3) is 5.91 Å². The second-order valence-corrected chi connectivity index (χ2v) is 6.58. The number of benzene rings is 2. The Morgan fingerprint density at radius 2 is 1.86 bits per heavy atom. The molecule has 1 N–H and O–H groups in total. The molecule has 0 unspecified atom stereocenters. The molecule has 2 aromatic carbocycles. The van der Waals surface area contributed by atoms with E-state index in [-0.39, 0.29) is 12.5 Å². The number of hydrogen-bond acceptors (Lipinski definition) is 5. The highest BCUT2D eigenvalue weighted by atomic mass is 35.5. The number of hydrogen-bond donors (Lipinski definition) is 1. The first-order chi connectivity index (χ1) is 13.5. The summed E-state index contributed by atoms with van der Waals surface area (Å²) in [5, 5.41) is 7.39. The van der Waals surface area contributed by atoms with Crippen LogP contribution < -0.4 is 14.8 Å². The minimum atomic E-state index is -0.228. The summed E-state index contributed by atoms with van der Waals surface area (Å²) >= 11 is 5.84. The van der Waals surface area contributed by atoms with E-state index < -0.39 is 0 Å². The minimum absolute atomic E-state index is 0.228. The fraction of sp³-hybridized carbons (Fsp3) is 0.238. The second kappa shape index (κ2) is 9.28. The molecular formula is C21H21ClN2O4. The molecule has 1 heterocycles. The van der Waals surface area contributed by atoms with Crippen molar-refractivity contribution in [2.45, 2.75) is 20.5 Å². The third kappa shape index (κ3) is 5.04. The zero-order valence-electron chi connectivity index (χ0n) is 15.7. The maximum absolute atomic E-state index is 12.5. The van der Waals surface area contributed by atoms with Crippen molar-refractivity contribution in [1.82, 2.24) is 10.5 Å². The van der Waals surface area contributed by atoms with Crippen molar-refractivity contribution in [2.24, 2.45) is 0 Å². The summed E-state index contributed by atoms with van der Waals surface area (Å²) in [6.45, 7) is 4.67. The van der Waals surface area contributed by atoms with Gasteiger partial charge >= 0.3 is 0 Å².